The van der Waals surface area contributed by atoms with Gasteiger partial charge in [0.15, 0.2) is 6.29 Å². The lowest BCUT2D eigenvalue weighted by Gasteiger charge is -2.07. The van der Waals surface area contributed by atoms with Crippen molar-refractivity contribution in [1.82, 2.24) is 0 Å². The standard InChI is InChI=1S/C11H12O3/c1-8(6-12)9-3-4-11(14-2)10(5-9)7-13/h3-8H,1-2H3. The normalized spacial score (nSPS) is 11.9. The minimum Gasteiger partial charge on any atom is -0.496 e. The summed E-state index contributed by atoms with van der Waals surface area (Å²) < 4.78 is 4.99. The SMILES string of the molecule is COc1ccc(C(C)C=O)cc1C=O. The second-order valence-electron chi connectivity index (χ2n) is 3.04. The Labute approximate surface area is 82.7 Å². The molecule has 0 heterocycles. The van der Waals surface area contributed by atoms with Gasteiger partial charge in [0.05, 0.1) is 12.7 Å². The summed E-state index contributed by atoms with van der Waals surface area (Å²) in [5, 5.41) is 0. The lowest BCUT2D eigenvalue weighted by Crippen LogP contribution is -1.97. The monoisotopic (exact) mass is 192 g/mol. The largest absolute Gasteiger partial charge is 0.496 e. The fourth-order valence-corrected chi connectivity index (χ4v) is 1.21. The van der Waals surface area contributed by atoms with E-state index in [4.69, 9.17) is 4.74 Å². The van der Waals surface area contributed by atoms with Crippen LogP contribution in [0.4, 0.5) is 0 Å². The summed E-state index contributed by atoms with van der Waals surface area (Å²) in [6.07, 6.45) is 1.57. The van der Waals surface area contributed by atoms with Crippen molar-refractivity contribution in [3.05, 3.63) is 29.3 Å². The third-order valence-electron chi connectivity index (χ3n) is 2.11. The number of rotatable bonds is 4. The Balaban J connectivity index is 3.13. The Hall–Kier alpha value is -1.64. The highest BCUT2D eigenvalue weighted by atomic mass is 16.5. The first-order chi connectivity index (χ1) is 6.72. The van der Waals surface area contributed by atoms with Crippen molar-refractivity contribution in [2.24, 2.45) is 0 Å². The molecule has 1 unspecified atom stereocenters. The van der Waals surface area contributed by atoms with Gasteiger partial charge in [-0.25, -0.2) is 0 Å². The summed E-state index contributed by atoms with van der Waals surface area (Å²) in [7, 11) is 1.51. The molecular formula is C11H12O3. The Bertz CT molecular complexity index is 344. The summed E-state index contributed by atoms with van der Waals surface area (Å²) in [5.74, 6) is 0.335. The molecule has 0 aliphatic rings. The lowest BCUT2D eigenvalue weighted by molar-refractivity contribution is -0.108. The topological polar surface area (TPSA) is 43.4 Å². The molecule has 1 atom stereocenters. The fourth-order valence-electron chi connectivity index (χ4n) is 1.21. The highest BCUT2D eigenvalue weighted by molar-refractivity contribution is 5.80. The summed E-state index contributed by atoms with van der Waals surface area (Å²) in [4.78, 5) is 21.2. The van der Waals surface area contributed by atoms with Gasteiger partial charge in [0.25, 0.3) is 0 Å². The van der Waals surface area contributed by atoms with E-state index >= 15 is 0 Å². The van der Waals surface area contributed by atoms with Gasteiger partial charge in [-0.05, 0) is 17.7 Å². The van der Waals surface area contributed by atoms with Gasteiger partial charge in [-0.3, -0.25) is 4.79 Å². The summed E-state index contributed by atoms with van der Waals surface area (Å²) in [5.41, 5.74) is 1.29. The molecule has 1 aromatic carbocycles. The van der Waals surface area contributed by atoms with E-state index in [2.05, 4.69) is 0 Å². The van der Waals surface area contributed by atoms with Gasteiger partial charge in [-0.1, -0.05) is 13.0 Å². The van der Waals surface area contributed by atoms with E-state index in [-0.39, 0.29) is 5.92 Å². The van der Waals surface area contributed by atoms with Crippen molar-refractivity contribution in [1.29, 1.82) is 0 Å². The molecule has 0 N–H and O–H groups in total. The van der Waals surface area contributed by atoms with Crippen molar-refractivity contribution in [3.63, 3.8) is 0 Å². The van der Waals surface area contributed by atoms with E-state index in [1.165, 1.54) is 7.11 Å². The molecule has 74 valence electrons. The van der Waals surface area contributed by atoms with Crippen molar-refractivity contribution >= 4 is 12.6 Å². The molecule has 0 fully saturated rings. The maximum atomic E-state index is 10.7. The molecule has 0 aromatic heterocycles. The first-order valence-electron chi connectivity index (χ1n) is 4.31. The summed E-state index contributed by atoms with van der Waals surface area (Å²) in [6, 6.07) is 5.15. The van der Waals surface area contributed by atoms with E-state index in [9.17, 15) is 9.59 Å². The van der Waals surface area contributed by atoms with E-state index < -0.39 is 0 Å². The van der Waals surface area contributed by atoms with E-state index in [1.807, 2.05) is 0 Å². The number of benzene rings is 1. The van der Waals surface area contributed by atoms with Crippen LogP contribution in [0.5, 0.6) is 5.75 Å². The van der Waals surface area contributed by atoms with Crippen molar-refractivity contribution in [3.8, 4) is 5.75 Å². The Morgan fingerprint density at radius 3 is 2.57 bits per heavy atom. The minimum absolute atomic E-state index is 0.195. The zero-order valence-corrected chi connectivity index (χ0v) is 8.19. The Morgan fingerprint density at radius 2 is 2.07 bits per heavy atom. The van der Waals surface area contributed by atoms with Crippen LogP contribution >= 0.6 is 0 Å². The quantitative estimate of drug-likeness (QED) is 0.683. The summed E-state index contributed by atoms with van der Waals surface area (Å²) >= 11 is 0. The van der Waals surface area contributed by atoms with Crippen molar-refractivity contribution in [2.75, 3.05) is 7.11 Å². The van der Waals surface area contributed by atoms with Crippen LogP contribution < -0.4 is 4.74 Å². The van der Waals surface area contributed by atoms with Crippen LogP contribution in [-0.2, 0) is 4.79 Å². The molecule has 0 bridgehead atoms. The van der Waals surface area contributed by atoms with E-state index in [0.717, 1.165) is 18.1 Å². The van der Waals surface area contributed by atoms with Gasteiger partial charge in [0.2, 0.25) is 0 Å². The second kappa shape index (κ2) is 4.56. The predicted octanol–water partition coefficient (Wildman–Crippen LogP) is 1.81. The third-order valence-corrected chi connectivity index (χ3v) is 2.11. The zero-order chi connectivity index (χ0) is 10.6. The van der Waals surface area contributed by atoms with Crippen LogP contribution in [0.1, 0.15) is 28.8 Å². The first-order valence-corrected chi connectivity index (χ1v) is 4.31. The zero-order valence-electron chi connectivity index (χ0n) is 8.19. The average Bonchev–Trinajstić information content (AvgIpc) is 2.26. The van der Waals surface area contributed by atoms with Crippen LogP contribution in [0.25, 0.3) is 0 Å². The molecule has 3 heteroatoms. The van der Waals surface area contributed by atoms with Crippen molar-refractivity contribution < 1.29 is 14.3 Å². The maximum absolute atomic E-state index is 10.7. The van der Waals surface area contributed by atoms with Crippen LogP contribution in [0, 0.1) is 0 Å². The van der Waals surface area contributed by atoms with Crippen LogP contribution in [-0.4, -0.2) is 19.7 Å². The Kier molecular flexibility index (Phi) is 3.40. The van der Waals surface area contributed by atoms with Gasteiger partial charge in [-0.15, -0.1) is 0 Å². The number of carbonyl (C=O) groups excluding carboxylic acids is 2. The average molecular weight is 192 g/mol. The molecule has 0 saturated heterocycles. The van der Waals surface area contributed by atoms with E-state index in [1.54, 1.807) is 25.1 Å². The van der Waals surface area contributed by atoms with Gasteiger partial charge in [0.1, 0.15) is 12.0 Å². The van der Waals surface area contributed by atoms with Gasteiger partial charge in [-0.2, -0.15) is 0 Å². The third kappa shape index (κ3) is 1.99. The number of aldehydes is 2. The molecule has 0 aliphatic heterocycles. The van der Waals surface area contributed by atoms with Gasteiger partial charge >= 0.3 is 0 Å². The molecule has 0 radical (unpaired) electrons. The number of ether oxygens (including phenoxy) is 1. The smallest absolute Gasteiger partial charge is 0.153 e. The molecule has 0 aliphatic carbocycles. The lowest BCUT2D eigenvalue weighted by atomic mass is 10.0. The van der Waals surface area contributed by atoms with Crippen molar-refractivity contribution in [2.45, 2.75) is 12.8 Å². The molecule has 14 heavy (non-hydrogen) atoms. The molecule has 0 saturated carbocycles. The molecule has 0 spiro atoms. The van der Waals surface area contributed by atoms with E-state index in [0.29, 0.717) is 11.3 Å². The van der Waals surface area contributed by atoms with Crippen LogP contribution in [0.2, 0.25) is 0 Å². The number of hydrogen-bond donors (Lipinski definition) is 0. The predicted molar refractivity (Wildman–Crippen MR) is 52.9 cm³/mol. The van der Waals surface area contributed by atoms with Crippen LogP contribution in [0.15, 0.2) is 18.2 Å². The molecule has 3 nitrogen and oxygen atoms in total. The molecular weight excluding hydrogens is 180 g/mol. The molecule has 0 amide bonds. The second-order valence-corrected chi connectivity index (χ2v) is 3.04. The first kappa shape index (κ1) is 10.4. The van der Waals surface area contributed by atoms with Gasteiger partial charge < -0.3 is 9.53 Å². The number of hydrogen-bond acceptors (Lipinski definition) is 3. The van der Waals surface area contributed by atoms with Gasteiger partial charge in [0, 0.05) is 5.92 Å². The molecule has 1 aromatic rings. The van der Waals surface area contributed by atoms with Crippen LogP contribution in [0.3, 0.4) is 0 Å². The molecule has 1 rings (SSSR count). The highest BCUT2D eigenvalue weighted by Crippen LogP contribution is 2.21. The number of methoxy groups -OCH3 is 1. The Morgan fingerprint density at radius 1 is 1.36 bits per heavy atom. The highest BCUT2D eigenvalue weighted by Gasteiger charge is 2.07. The number of carbonyl (C=O) groups is 2. The minimum atomic E-state index is -0.195. The maximum Gasteiger partial charge on any atom is 0.153 e. The fraction of sp³-hybridized carbons (Fsp3) is 0.273. The summed E-state index contributed by atoms with van der Waals surface area (Å²) in [6.45, 7) is 1.78.